The van der Waals surface area contributed by atoms with Gasteiger partial charge in [0.05, 0.1) is 7.11 Å². The van der Waals surface area contributed by atoms with Gasteiger partial charge in [0.1, 0.15) is 0 Å². The van der Waals surface area contributed by atoms with Crippen molar-refractivity contribution >= 4 is 21.8 Å². The van der Waals surface area contributed by atoms with Crippen LogP contribution in [0.15, 0.2) is 18.2 Å². The van der Waals surface area contributed by atoms with Gasteiger partial charge in [-0.15, -0.1) is 0 Å². The first-order chi connectivity index (χ1) is 9.62. The van der Waals surface area contributed by atoms with Crippen LogP contribution in [0.2, 0.25) is 0 Å². The number of nitrogens with one attached hydrogen (secondary N) is 1. The van der Waals surface area contributed by atoms with E-state index in [0.29, 0.717) is 18.0 Å². The molecule has 3 nitrogen and oxygen atoms in total. The lowest BCUT2D eigenvalue weighted by atomic mass is 10.0. The third-order valence-electron chi connectivity index (χ3n) is 3.18. The standard InChI is InChI=1S/C15H21BrFNO2/c1-3-4-11(7-8-16)10-18-15(19)12-5-6-13(17)14(9-12)20-2/h5-6,9,11H,3-4,7-8,10H2,1-2H3,(H,18,19). The molecule has 5 heteroatoms. The van der Waals surface area contributed by atoms with Crippen LogP contribution in [0.3, 0.4) is 0 Å². The molecule has 1 atom stereocenters. The van der Waals surface area contributed by atoms with Crippen molar-refractivity contribution in [2.75, 3.05) is 19.0 Å². The van der Waals surface area contributed by atoms with Crippen LogP contribution in [0.1, 0.15) is 36.5 Å². The summed E-state index contributed by atoms with van der Waals surface area (Å²) in [4.78, 5) is 12.0. The van der Waals surface area contributed by atoms with E-state index in [-0.39, 0.29) is 11.7 Å². The van der Waals surface area contributed by atoms with E-state index >= 15 is 0 Å². The summed E-state index contributed by atoms with van der Waals surface area (Å²) in [5.74, 6) is -0.111. The quantitative estimate of drug-likeness (QED) is 0.728. The van der Waals surface area contributed by atoms with Gasteiger partial charge in [-0.2, -0.15) is 0 Å². The Balaban J connectivity index is 2.61. The van der Waals surface area contributed by atoms with Crippen molar-refractivity contribution < 1.29 is 13.9 Å². The Kier molecular flexibility index (Phi) is 7.59. The van der Waals surface area contributed by atoms with E-state index in [1.54, 1.807) is 0 Å². The molecule has 0 radical (unpaired) electrons. The molecule has 1 amide bonds. The highest BCUT2D eigenvalue weighted by atomic mass is 79.9. The second-order valence-electron chi connectivity index (χ2n) is 4.69. The van der Waals surface area contributed by atoms with Crippen molar-refractivity contribution in [1.82, 2.24) is 5.32 Å². The molecule has 0 saturated heterocycles. The first-order valence-electron chi connectivity index (χ1n) is 6.80. The molecule has 0 bridgehead atoms. The number of benzene rings is 1. The minimum atomic E-state index is -0.466. The molecule has 0 spiro atoms. The lowest BCUT2D eigenvalue weighted by Crippen LogP contribution is -2.29. The van der Waals surface area contributed by atoms with Gasteiger partial charge in [-0.1, -0.05) is 29.3 Å². The lowest BCUT2D eigenvalue weighted by molar-refractivity contribution is 0.0945. The van der Waals surface area contributed by atoms with E-state index in [0.717, 1.165) is 24.6 Å². The first-order valence-corrected chi connectivity index (χ1v) is 7.92. The molecule has 1 aromatic carbocycles. The maximum atomic E-state index is 13.3. The Morgan fingerprint density at radius 3 is 2.80 bits per heavy atom. The first kappa shape index (κ1) is 17.0. The molecule has 0 aromatic heterocycles. The number of methoxy groups -OCH3 is 1. The molecule has 0 aliphatic heterocycles. The highest BCUT2D eigenvalue weighted by molar-refractivity contribution is 9.09. The van der Waals surface area contributed by atoms with Gasteiger partial charge >= 0.3 is 0 Å². The molecule has 0 saturated carbocycles. The third-order valence-corrected chi connectivity index (χ3v) is 3.64. The fourth-order valence-corrected chi connectivity index (χ4v) is 2.70. The molecule has 112 valence electrons. The number of carbonyl (C=O) groups excluding carboxylic acids is 1. The van der Waals surface area contributed by atoms with Gasteiger partial charge in [-0.3, -0.25) is 4.79 Å². The summed E-state index contributed by atoms with van der Waals surface area (Å²) >= 11 is 3.43. The van der Waals surface area contributed by atoms with Crippen molar-refractivity contribution in [3.8, 4) is 5.75 Å². The molecule has 0 fully saturated rings. The fraction of sp³-hybridized carbons (Fsp3) is 0.533. The maximum absolute atomic E-state index is 13.3. The number of carbonyl (C=O) groups is 1. The van der Waals surface area contributed by atoms with Crippen LogP contribution in [-0.4, -0.2) is 24.9 Å². The minimum absolute atomic E-state index is 0.0863. The van der Waals surface area contributed by atoms with Crippen molar-refractivity contribution in [3.05, 3.63) is 29.6 Å². The molecule has 20 heavy (non-hydrogen) atoms. The van der Waals surface area contributed by atoms with Gasteiger partial charge in [-0.25, -0.2) is 4.39 Å². The van der Waals surface area contributed by atoms with E-state index in [9.17, 15) is 9.18 Å². The molecular weight excluding hydrogens is 325 g/mol. The number of rotatable bonds is 8. The van der Waals surface area contributed by atoms with Crippen LogP contribution in [0, 0.1) is 11.7 Å². The lowest BCUT2D eigenvalue weighted by Gasteiger charge is -2.15. The van der Waals surface area contributed by atoms with Crippen molar-refractivity contribution in [2.45, 2.75) is 26.2 Å². The predicted octanol–water partition coefficient (Wildman–Crippen LogP) is 3.77. The van der Waals surface area contributed by atoms with E-state index in [4.69, 9.17) is 4.74 Å². The average molecular weight is 346 g/mol. The SMILES string of the molecule is CCCC(CCBr)CNC(=O)c1ccc(F)c(OC)c1. The smallest absolute Gasteiger partial charge is 0.251 e. The molecule has 1 rings (SSSR count). The van der Waals surface area contributed by atoms with Gasteiger partial charge in [-0.05, 0) is 37.0 Å². The number of amides is 1. The zero-order chi connectivity index (χ0) is 15.0. The predicted molar refractivity (Wildman–Crippen MR) is 82.1 cm³/mol. The fourth-order valence-electron chi connectivity index (χ4n) is 2.05. The highest BCUT2D eigenvalue weighted by Gasteiger charge is 2.12. The number of hydrogen-bond donors (Lipinski definition) is 1. The highest BCUT2D eigenvalue weighted by Crippen LogP contribution is 2.18. The molecule has 1 aromatic rings. The summed E-state index contributed by atoms with van der Waals surface area (Å²) in [5.41, 5.74) is 0.414. The number of alkyl halides is 1. The number of ether oxygens (including phenoxy) is 1. The van der Waals surface area contributed by atoms with Gasteiger partial charge in [0, 0.05) is 17.4 Å². The van der Waals surface area contributed by atoms with Crippen molar-refractivity contribution in [1.29, 1.82) is 0 Å². The van der Waals surface area contributed by atoms with Crippen molar-refractivity contribution in [2.24, 2.45) is 5.92 Å². The molecule has 1 unspecified atom stereocenters. The zero-order valence-corrected chi connectivity index (χ0v) is 13.5. The Morgan fingerprint density at radius 2 is 2.20 bits per heavy atom. The molecular formula is C15H21BrFNO2. The van der Waals surface area contributed by atoms with Gasteiger partial charge in [0.15, 0.2) is 11.6 Å². The van der Waals surface area contributed by atoms with E-state index < -0.39 is 5.82 Å². The van der Waals surface area contributed by atoms with Crippen LogP contribution in [0.25, 0.3) is 0 Å². The second kappa shape index (κ2) is 8.95. The van der Waals surface area contributed by atoms with Gasteiger partial charge in [0.25, 0.3) is 5.91 Å². The van der Waals surface area contributed by atoms with Crippen LogP contribution < -0.4 is 10.1 Å². The van der Waals surface area contributed by atoms with Crippen LogP contribution >= 0.6 is 15.9 Å². The molecule has 0 aliphatic carbocycles. The van der Waals surface area contributed by atoms with Crippen LogP contribution in [0.5, 0.6) is 5.75 Å². The Bertz CT molecular complexity index is 434. The Labute approximate surface area is 128 Å². The van der Waals surface area contributed by atoms with Crippen LogP contribution in [0.4, 0.5) is 4.39 Å². The Morgan fingerprint density at radius 1 is 1.45 bits per heavy atom. The second-order valence-corrected chi connectivity index (χ2v) is 5.48. The Hall–Kier alpha value is -1.10. The summed E-state index contributed by atoms with van der Waals surface area (Å²) in [7, 11) is 1.38. The topological polar surface area (TPSA) is 38.3 Å². The van der Waals surface area contributed by atoms with Gasteiger partial charge in [0.2, 0.25) is 0 Å². The summed E-state index contributed by atoms with van der Waals surface area (Å²) in [6.07, 6.45) is 3.21. The van der Waals surface area contributed by atoms with E-state index in [1.807, 2.05) is 0 Å². The molecule has 0 aliphatic rings. The third kappa shape index (κ3) is 5.12. The van der Waals surface area contributed by atoms with Gasteiger partial charge < -0.3 is 10.1 Å². The number of hydrogen-bond acceptors (Lipinski definition) is 2. The monoisotopic (exact) mass is 345 g/mol. The van der Waals surface area contributed by atoms with E-state index in [1.165, 1.54) is 25.3 Å². The average Bonchev–Trinajstić information content (AvgIpc) is 2.45. The number of halogens is 2. The normalized spacial score (nSPS) is 12.0. The summed E-state index contributed by atoms with van der Waals surface area (Å²) in [6.45, 7) is 2.77. The van der Waals surface area contributed by atoms with Crippen molar-refractivity contribution in [3.63, 3.8) is 0 Å². The molecule has 0 heterocycles. The summed E-state index contributed by atoms with van der Waals surface area (Å²) in [6, 6.07) is 4.13. The van der Waals surface area contributed by atoms with E-state index in [2.05, 4.69) is 28.2 Å². The zero-order valence-electron chi connectivity index (χ0n) is 11.9. The summed E-state index contributed by atoms with van der Waals surface area (Å²) < 4.78 is 18.2. The summed E-state index contributed by atoms with van der Waals surface area (Å²) in [5, 5.41) is 3.83. The van der Waals surface area contributed by atoms with Crippen LogP contribution in [-0.2, 0) is 0 Å². The minimum Gasteiger partial charge on any atom is -0.494 e. The largest absolute Gasteiger partial charge is 0.494 e. The molecule has 1 N–H and O–H groups in total. The maximum Gasteiger partial charge on any atom is 0.251 e.